The van der Waals surface area contributed by atoms with Gasteiger partial charge in [-0.1, -0.05) is 44.1 Å². The van der Waals surface area contributed by atoms with Crippen LogP contribution in [0.5, 0.6) is 0 Å². The molecule has 0 aromatic rings. The Kier molecular flexibility index (Phi) is 5.79. The van der Waals surface area contributed by atoms with Crippen LogP contribution in [-0.4, -0.2) is 0 Å². The molecule has 0 aliphatic rings. The largest absolute Gasteiger partial charge is 0.0959 e. The minimum Gasteiger partial charge on any atom is -0.0959 e. The fraction of sp³-hybridized carbons (Fsp3) is 0.667. The fourth-order valence-corrected chi connectivity index (χ4v) is 1.27. The highest BCUT2D eigenvalue weighted by Gasteiger charge is 2.01. The van der Waals surface area contributed by atoms with Gasteiger partial charge in [0.1, 0.15) is 0 Å². The summed E-state index contributed by atoms with van der Waals surface area (Å²) in [4.78, 5) is 0. The van der Waals surface area contributed by atoms with Crippen LogP contribution in [0.1, 0.15) is 47.0 Å². The number of hydrogen-bond acceptors (Lipinski definition) is 0. The first-order valence-corrected chi connectivity index (χ1v) is 4.96. The molecule has 0 bridgehead atoms. The van der Waals surface area contributed by atoms with Crippen LogP contribution in [0.15, 0.2) is 23.8 Å². The molecule has 1 atom stereocenters. The quantitative estimate of drug-likeness (QED) is 0.533. The first-order chi connectivity index (χ1) is 5.61. The van der Waals surface area contributed by atoms with Crippen molar-refractivity contribution >= 4 is 0 Å². The molecule has 0 heterocycles. The average Bonchev–Trinajstić information content (AvgIpc) is 2.03. The summed E-state index contributed by atoms with van der Waals surface area (Å²) in [6.07, 6.45) is 6.20. The van der Waals surface area contributed by atoms with Gasteiger partial charge >= 0.3 is 0 Å². The minimum absolute atomic E-state index is 0.756. The lowest BCUT2D eigenvalue weighted by molar-refractivity contribution is 0.560. The summed E-state index contributed by atoms with van der Waals surface area (Å²) in [5.41, 5.74) is 2.56. The van der Waals surface area contributed by atoms with Gasteiger partial charge in [-0.2, -0.15) is 0 Å². The zero-order valence-corrected chi connectivity index (χ0v) is 8.98. The Hall–Kier alpha value is -0.520. The van der Waals surface area contributed by atoms with Crippen LogP contribution in [0.2, 0.25) is 0 Å². The maximum Gasteiger partial charge on any atom is -0.0230 e. The van der Waals surface area contributed by atoms with Gasteiger partial charge < -0.3 is 0 Å². The van der Waals surface area contributed by atoms with Gasteiger partial charge in [0.05, 0.1) is 0 Å². The molecular formula is C12H22. The molecule has 0 saturated carbocycles. The van der Waals surface area contributed by atoms with E-state index in [9.17, 15) is 0 Å². The first-order valence-electron chi connectivity index (χ1n) is 4.96. The molecule has 0 saturated heterocycles. The van der Waals surface area contributed by atoms with E-state index in [2.05, 4.69) is 40.3 Å². The third-order valence-electron chi connectivity index (χ3n) is 2.34. The van der Waals surface area contributed by atoms with E-state index < -0.39 is 0 Å². The van der Waals surface area contributed by atoms with Crippen LogP contribution >= 0.6 is 0 Å². The molecule has 0 rings (SSSR count). The molecule has 0 heteroatoms. The Morgan fingerprint density at radius 1 is 1.33 bits per heavy atom. The second kappa shape index (κ2) is 6.05. The second-order valence-corrected chi connectivity index (χ2v) is 3.59. The summed E-state index contributed by atoms with van der Waals surface area (Å²) >= 11 is 0. The zero-order valence-electron chi connectivity index (χ0n) is 8.98. The van der Waals surface area contributed by atoms with Gasteiger partial charge in [0.15, 0.2) is 0 Å². The Balaban J connectivity index is 4.14. The van der Waals surface area contributed by atoms with Gasteiger partial charge in [-0.05, 0) is 32.6 Å². The van der Waals surface area contributed by atoms with E-state index >= 15 is 0 Å². The highest BCUT2D eigenvalue weighted by Crippen LogP contribution is 2.17. The Labute approximate surface area is 77.4 Å². The molecule has 0 N–H and O–H groups in total. The molecule has 70 valence electrons. The second-order valence-electron chi connectivity index (χ2n) is 3.59. The third kappa shape index (κ3) is 4.38. The molecule has 0 radical (unpaired) electrons. The molecule has 0 aromatic carbocycles. The maximum absolute atomic E-state index is 3.93. The lowest BCUT2D eigenvalue weighted by Crippen LogP contribution is -1.95. The molecule has 0 amide bonds. The first kappa shape index (κ1) is 11.5. The van der Waals surface area contributed by atoms with Crippen LogP contribution in [0.25, 0.3) is 0 Å². The van der Waals surface area contributed by atoms with E-state index in [1.54, 1.807) is 0 Å². The monoisotopic (exact) mass is 166 g/mol. The van der Waals surface area contributed by atoms with Crippen molar-refractivity contribution in [3.8, 4) is 0 Å². The van der Waals surface area contributed by atoms with E-state index in [0.717, 1.165) is 5.92 Å². The normalized spacial score (nSPS) is 14.5. The van der Waals surface area contributed by atoms with Crippen LogP contribution in [0, 0.1) is 5.92 Å². The Morgan fingerprint density at radius 3 is 2.25 bits per heavy atom. The van der Waals surface area contributed by atoms with Crippen molar-refractivity contribution in [1.82, 2.24) is 0 Å². The molecule has 0 aliphatic carbocycles. The lowest BCUT2D eigenvalue weighted by atomic mass is 9.96. The molecule has 12 heavy (non-hydrogen) atoms. The van der Waals surface area contributed by atoms with Gasteiger partial charge in [-0.3, -0.25) is 0 Å². The molecule has 1 unspecified atom stereocenters. The zero-order chi connectivity index (χ0) is 9.56. The SMILES string of the molecule is C=C(C)/C(C)=C\C(CC)CCC. The van der Waals surface area contributed by atoms with Crippen molar-refractivity contribution in [1.29, 1.82) is 0 Å². The Morgan fingerprint density at radius 2 is 1.92 bits per heavy atom. The van der Waals surface area contributed by atoms with Crippen molar-refractivity contribution in [2.24, 2.45) is 5.92 Å². The summed E-state index contributed by atoms with van der Waals surface area (Å²) in [7, 11) is 0. The van der Waals surface area contributed by atoms with E-state index in [0.29, 0.717) is 0 Å². The molecule has 0 nitrogen and oxygen atoms in total. The summed E-state index contributed by atoms with van der Waals surface area (Å²) < 4.78 is 0. The highest BCUT2D eigenvalue weighted by atomic mass is 14.1. The van der Waals surface area contributed by atoms with Crippen molar-refractivity contribution in [3.63, 3.8) is 0 Å². The summed E-state index contributed by atoms with van der Waals surface area (Å²) in [5, 5.41) is 0. The van der Waals surface area contributed by atoms with E-state index in [4.69, 9.17) is 0 Å². The topological polar surface area (TPSA) is 0 Å². The predicted molar refractivity (Wildman–Crippen MR) is 57.3 cm³/mol. The van der Waals surface area contributed by atoms with Crippen molar-refractivity contribution in [3.05, 3.63) is 23.8 Å². The average molecular weight is 166 g/mol. The van der Waals surface area contributed by atoms with Crippen LogP contribution in [-0.2, 0) is 0 Å². The summed E-state index contributed by atoms with van der Waals surface area (Å²) in [5.74, 6) is 0.756. The van der Waals surface area contributed by atoms with E-state index in [-0.39, 0.29) is 0 Å². The van der Waals surface area contributed by atoms with Gasteiger partial charge in [-0.15, -0.1) is 0 Å². The van der Waals surface area contributed by atoms with Gasteiger partial charge in [0.25, 0.3) is 0 Å². The van der Waals surface area contributed by atoms with Crippen molar-refractivity contribution in [2.45, 2.75) is 47.0 Å². The van der Waals surface area contributed by atoms with Crippen LogP contribution < -0.4 is 0 Å². The van der Waals surface area contributed by atoms with Crippen LogP contribution in [0.3, 0.4) is 0 Å². The molecule has 0 aromatic heterocycles. The van der Waals surface area contributed by atoms with E-state index in [1.807, 2.05) is 0 Å². The van der Waals surface area contributed by atoms with Gasteiger partial charge in [-0.25, -0.2) is 0 Å². The molecule has 0 aliphatic heterocycles. The smallest absolute Gasteiger partial charge is 0.0230 e. The summed E-state index contributed by atoms with van der Waals surface area (Å²) in [6, 6.07) is 0. The fourth-order valence-electron chi connectivity index (χ4n) is 1.27. The predicted octanol–water partition coefficient (Wildman–Crippen LogP) is 4.34. The van der Waals surface area contributed by atoms with Crippen molar-refractivity contribution in [2.75, 3.05) is 0 Å². The molecular weight excluding hydrogens is 144 g/mol. The van der Waals surface area contributed by atoms with Gasteiger partial charge in [0, 0.05) is 0 Å². The summed E-state index contributed by atoms with van der Waals surface area (Å²) in [6.45, 7) is 12.7. The van der Waals surface area contributed by atoms with Crippen molar-refractivity contribution < 1.29 is 0 Å². The van der Waals surface area contributed by atoms with Gasteiger partial charge in [0.2, 0.25) is 0 Å². The highest BCUT2D eigenvalue weighted by molar-refractivity contribution is 5.24. The maximum atomic E-state index is 3.93. The Bertz CT molecular complexity index is 163. The molecule has 0 spiro atoms. The number of allylic oxidation sites excluding steroid dienone is 3. The molecule has 0 fully saturated rings. The van der Waals surface area contributed by atoms with Crippen LogP contribution in [0.4, 0.5) is 0 Å². The third-order valence-corrected chi connectivity index (χ3v) is 2.34. The minimum atomic E-state index is 0.756. The standard InChI is InChI=1S/C12H22/c1-6-8-12(7-2)9-11(5)10(3)4/h9,12H,3,6-8H2,1-2,4-5H3/b11-9-. The lowest BCUT2D eigenvalue weighted by Gasteiger charge is -2.10. The number of rotatable bonds is 5. The number of hydrogen-bond donors (Lipinski definition) is 0. The van der Waals surface area contributed by atoms with E-state index in [1.165, 1.54) is 30.4 Å².